The summed E-state index contributed by atoms with van der Waals surface area (Å²) < 4.78 is 0. The smallest absolute Gasteiger partial charge is 0.242 e. The van der Waals surface area contributed by atoms with Crippen molar-refractivity contribution in [1.82, 2.24) is 9.80 Å². The highest BCUT2D eigenvalue weighted by atomic mass is 16.2. The second-order valence-electron chi connectivity index (χ2n) is 5.93. The van der Waals surface area contributed by atoms with Gasteiger partial charge in [0.1, 0.15) is 0 Å². The topological polar surface area (TPSA) is 43.9 Å². The lowest BCUT2D eigenvalue weighted by molar-refractivity contribution is -0.137. The Bertz CT molecular complexity index is 712. The normalized spacial score (nSPS) is 10.4. The zero-order chi connectivity index (χ0) is 17.0. The lowest BCUT2D eigenvalue weighted by atomic mass is 10.1. The summed E-state index contributed by atoms with van der Waals surface area (Å²) >= 11 is 0. The van der Waals surface area contributed by atoms with Crippen molar-refractivity contribution in [1.29, 1.82) is 0 Å². The van der Waals surface area contributed by atoms with Crippen LogP contribution in [0.2, 0.25) is 0 Å². The van der Waals surface area contributed by atoms with E-state index in [9.17, 15) is 9.59 Å². The Kier molecular flexibility index (Phi) is 5.21. The maximum absolute atomic E-state index is 12.3. The van der Waals surface area contributed by atoms with Gasteiger partial charge in [-0.15, -0.1) is 0 Å². The molecule has 2 rings (SSSR count). The highest BCUT2D eigenvalue weighted by Gasteiger charge is 2.16. The number of anilines is 1. The van der Waals surface area contributed by atoms with Gasteiger partial charge in [-0.3, -0.25) is 9.59 Å². The highest BCUT2D eigenvalue weighted by molar-refractivity contribution is 5.89. The van der Waals surface area contributed by atoms with Crippen LogP contribution >= 0.6 is 0 Å². The van der Waals surface area contributed by atoms with E-state index in [-0.39, 0.29) is 24.9 Å². The molecule has 0 N–H and O–H groups in total. The summed E-state index contributed by atoms with van der Waals surface area (Å²) in [6, 6.07) is 14.2. The van der Waals surface area contributed by atoms with E-state index in [1.54, 1.807) is 21.1 Å². The van der Waals surface area contributed by atoms with E-state index in [1.165, 1.54) is 15.2 Å². The fourth-order valence-electron chi connectivity index (χ4n) is 2.26. The molecule has 122 valence electrons. The van der Waals surface area contributed by atoms with E-state index >= 15 is 0 Å². The molecule has 5 heteroatoms. The van der Waals surface area contributed by atoms with E-state index in [0.717, 1.165) is 11.1 Å². The summed E-state index contributed by atoms with van der Waals surface area (Å²) in [5, 5.41) is 2.31. The molecule has 0 bridgehead atoms. The maximum atomic E-state index is 12.3. The van der Waals surface area contributed by atoms with Crippen LogP contribution in [-0.4, -0.2) is 62.9 Å². The van der Waals surface area contributed by atoms with Crippen molar-refractivity contribution in [3.8, 4) is 0 Å². The molecular weight excluding hydrogens is 290 g/mol. The van der Waals surface area contributed by atoms with Gasteiger partial charge in [-0.25, -0.2) is 0 Å². The number of amides is 2. The molecule has 5 nitrogen and oxygen atoms in total. The standard InChI is InChI=1S/C18H23N3O2/c1-19(2)17(22)12-21(4)18(23)13-20(3)16-10-9-14-7-5-6-8-15(14)11-16/h5-11H,12-13H2,1-4H3. The van der Waals surface area contributed by atoms with Crippen molar-refractivity contribution in [3.63, 3.8) is 0 Å². The van der Waals surface area contributed by atoms with Gasteiger partial charge in [0, 0.05) is 33.9 Å². The van der Waals surface area contributed by atoms with Gasteiger partial charge in [-0.05, 0) is 22.9 Å². The van der Waals surface area contributed by atoms with Gasteiger partial charge >= 0.3 is 0 Å². The van der Waals surface area contributed by atoms with Crippen LogP contribution in [-0.2, 0) is 9.59 Å². The van der Waals surface area contributed by atoms with Crippen molar-refractivity contribution >= 4 is 28.3 Å². The van der Waals surface area contributed by atoms with Crippen LogP contribution in [0.1, 0.15) is 0 Å². The van der Waals surface area contributed by atoms with Crippen LogP contribution in [0.25, 0.3) is 10.8 Å². The number of nitrogens with zero attached hydrogens (tertiary/aromatic N) is 3. The van der Waals surface area contributed by atoms with Crippen molar-refractivity contribution in [2.75, 3.05) is 46.2 Å². The number of carbonyl (C=O) groups excluding carboxylic acids is 2. The van der Waals surface area contributed by atoms with E-state index in [4.69, 9.17) is 0 Å². The summed E-state index contributed by atoms with van der Waals surface area (Å²) in [5.74, 6) is -0.176. The largest absolute Gasteiger partial charge is 0.365 e. The van der Waals surface area contributed by atoms with Crippen LogP contribution < -0.4 is 4.90 Å². The van der Waals surface area contributed by atoms with Gasteiger partial charge in [0.05, 0.1) is 13.1 Å². The minimum atomic E-state index is -0.0887. The molecule has 23 heavy (non-hydrogen) atoms. The van der Waals surface area contributed by atoms with Crippen molar-refractivity contribution < 1.29 is 9.59 Å². The molecule has 2 aromatic rings. The first-order valence-electron chi connectivity index (χ1n) is 7.52. The summed E-state index contributed by atoms with van der Waals surface area (Å²) in [6.07, 6.45) is 0. The molecule has 0 saturated carbocycles. The molecule has 0 atom stereocenters. The first-order valence-corrected chi connectivity index (χ1v) is 7.52. The van der Waals surface area contributed by atoms with Gasteiger partial charge in [0.15, 0.2) is 0 Å². The first kappa shape index (κ1) is 16.8. The third-order valence-electron chi connectivity index (χ3n) is 3.84. The summed E-state index contributed by atoms with van der Waals surface area (Å²) in [7, 11) is 6.89. The Morgan fingerprint density at radius 3 is 2.13 bits per heavy atom. The SMILES string of the molecule is CN(C)C(=O)CN(C)C(=O)CN(C)c1ccc2ccccc2c1. The van der Waals surface area contributed by atoms with Crippen molar-refractivity contribution in [2.45, 2.75) is 0 Å². The Labute approximate surface area is 137 Å². The Morgan fingerprint density at radius 1 is 0.826 bits per heavy atom. The quantitative estimate of drug-likeness (QED) is 0.846. The predicted octanol–water partition coefficient (Wildman–Crippen LogP) is 1.82. The Morgan fingerprint density at radius 2 is 1.48 bits per heavy atom. The minimum Gasteiger partial charge on any atom is -0.365 e. The molecule has 0 spiro atoms. The molecule has 2 amide bonds. The fraction of sp³-hybridized carbons (Fsp3) is 0.333. The van der Waals surface area contributed by atoms with Crippen LogP contribution in [0.15, 0.2) is 42.5 Å². The maximum Gasteiger partial charge on any atom is 0.242 e. The Hall–Kier alpha value is -2.56. The second-order valence-corrected chi connectivity index (χ2v) is 5.93. The monoisotopic (exact) mass is 313 g/mol. The number of carbonyl (C=O) groups is 2. The first-order chi connectivity index (χ1) is 10.9. The number of likely N-dealkylation sites (N-methyl/N-ethyl adjacent to an activating group) is 3. The molecule has 0 heterocycles. The van der Waals surface area contributed by atoms with Crippen LogP contribution in [0.5, 0.6) is 0 Å². The number of benzene rings is 2. The Balaban J connectivity index is 2.03. The second kappa shape index (κ2) is 7.13. The molecule has 0 aliphatic carbocycles. The molecule has 0 saturated heterocycles. The average Bonchev–Trinajstić information content (AvgIpc) is 2.53. The van der Waals surface area contributed by atoms with Crippen molar-refractivity contribution in [3.05, 3.63) is 42.5 Å². The molecule has 0 unspecified atom stereocenters. The number of fused-ring (bicyclic) bond motifs is 1. The fourth-order valence-corrected chi connectivity index (χ4v) is 2.26. The van der Waals surface area contributed by atoms with Gasteiger partial charge in [0.25, 0.3) is 0 Å². The van der Waals surface area contributed by atoms with E-state index in [1.807, 2.05) is 36.2 Å². The van der Waals surface area contributed by atoms with Gasteiger partial charge < -0.3 is 14.7 Å². The van der Waals surface area contributed by atoms with E-state index in [2.05, 4.69) is 18.2 Å². The molecule has 2 aromatic carbocycles. The minimum absolute atomic E-state index is 0.0872. The van der Waals surface area contributed by atoms with E-state index < -0.39 is 0 Å². The lowest BCUT2D eigenvalue weighted by Crippen LogP contribution is -2.42. The predicted molar refractivity (Wildman–Crippen MR) is 93.5 cm³/mol. The number of hydrogen-bond acceptors (Lipinski definition) is 3. The molecule has 0 aromatic heterocycles. The molecule has 0 radical (unpaired) electrons. The molecule has 0 fully saturated rings. The highest BCUT2D eigenvalue weighted by Crippen LogP contribution is 2.21. The zero-order valence-corrected chi connectivity index (χ0v) is 14.1. The number of hydrogen-bond donors (Lipinski definition) is 0. The van der Waals surface area contributed by atoms with Gasteiger partial charge in [0.2, 0.25) is 11.8 Å². The third kappa shape index (κ3) is 4.22. The van der Waals surface area contributed by atoms with Crippen molar-refractivity contribution in [2.24, 2.45) is 0 Å². The van der Waals surface area contributed by atoms with Crippen LogP contribution in [0.3, 0.4) is 0 Å². The number of rotatable bonds is 5. The summed E-state index contributed by atoms with van der Waals surface area (Å²) in [5.41, 5.74) is 0.976. The van der Waals surface area contributed by atoms with Crippen LogP contribution in [0.4, 0.5) is 5.69 Å². The third-order valence-corrected chi connectivity index (χ3v) is 3.84. The summed E-state index contributed by atoms with van der Waals surface area (Å²) in [4.78, 5) is 28.8. The van der Waals surface area contributed by atoms with Gasteiger partial charge in [-0.1, -0.05) is 30.3 Å². The molecule has 0 aliphatic rings. The zero-order valence-electron chi connectivity index (χ0n) is 14.1. The van der Waals surface area contributed by atoms with Gasteiger partial charge in [-0.2, -0.15) is 0 Å². The van der Waals surface area contributed by atoms with Crippen LogP contribution in [0, 0.1) is 0 Å². The lowest BCUT2D eigenvalue weighted by Gasteiger charge is -2.24. The summed E-state index contributed by atoms with van der Waals surface area (Å²) in [6.45, 7) is 0.326. The average molecular weight is 313 g/mol. The molecular formula is C18H23N3O2. The van der Waals surface area contributed by atoms with E-state index in [0.29, 0.717) is 0 Å². The molecule has 0 aliphatic heterocycles.